The van der Waals surface area contributed by atoms with Gasteiger partial charge < -0.3 is 4.74 Å². The summed E-state index contributed by atoms with van der Waals surface area (Å²) >= 11 is 0. The summed E-state index contributed by atoms with van der Waals surface area (Å²) in [6.45, 7) is 1.73. The summed E-state index contributed by atoms with van der Waals surface area (Å²) in [7, 11) is 1.66. The molecule has 0 N–H and O–H groups in total. The van der Waals surface area contributed by atoms with Gasteiger partial charge in [0.05, 0.1) is 0 Å². The molecule has 2 aromatic rings. The third-order valence-electron chi connectivity index (χ3n) is 2.27. The van der Waals surface area contributed by atoms with Crippen LogP contribution in [-0.4, -0.2) is 7.11 Å². The molecule has 0 unspecified atom stereocenters. The van der Waals surface area contributed by atoms with E-state index in [4.69, 9.17) is 4.74 Å². The Morgan fingerprint density at radius 2 is 1.40 bits per heavy atom. The quantitative estimate of drug-likeness (QED) is 0.731. The molecule has 0 saturated heterocycles. The second-order valence-corrected chi connectivity index (χ2v) is 3.34. The van der Waals surface area contributed by atoms with Gasteiger partial charge in [-0.3, -0.25) is 0 Å². The molecule has 0 atom stereocenters. The molecule has 1 nitrogen and oxygen atoms in total. The molecule has 1 heteroatoms. The molecule has 2 rings (SSSR count). The third kappa shape index (κ3) is 2.45. The van der Waals surface area contributed by atoms with Crippen molar-refractivity contribution in [2.45, 2.75) is 0 Å². The van der Waals surface area contributed by atoms with Gasteiger partial charge >= 0.3 is 0 Å². The molecule has 0 fully saturated rings. The summed E-state index contributed by atoms with van der Waals surface area (Å²) in [4.78, 5) is 0. The first-order chi connectivity index (χ1) is 7.40. The van der Waals surface area contributed by atoms with Gasteiger partial charge in [0, 0.05) is 7.11 Å². The Morgan fingerprint density at radius 3 is 2.00 bits per heavy atom. The molecule has 15 heavy (non-hydrogen) atoms. The average Bonchev–Trinajstić information content (AvgIpc) is 2.32. The van der Waals surface area contributed by atoms with Crippen LogP contribution in [0.1, 0.15) is 5.56 Å². The lowest BCUT2D eigenvalue weighted by atomic mass is 10.0. The van der Waals surface area contributed by atoms with Crippen molar-refractivity contribution in [1.82, 2.24) is 0 Å². The summed E-state index contributed by atoms with van der Waals surface area (Å²) in [5, 5.41) is 0. The first kappa shape index (κ1) is 9.94. The molecule has 0 spiro atoms. The van der Waals surface area contributed by atoms with Crippen molar-refractivity contribution in [3.8, 4) is 11.1 Å². The van der Waals surface area contributed by atoms with Crippen molar-refractivity contribution in [1.29, 1.82) is 0 Å². The topological polar surface area (TPSA) is 9.23 Å². The molecule has 0 aromatic heterocycles. The monoisotopic (exact) mass is 197 g/mol. The van der Waals surface area contributed by atoms with Crippen LogP contribution in [-0.2, 0) is 4.74 Å². The maximum Gasteiger partial charge on any atom is 0.112 e. The highest BCUT2D eigenvalue weighted by atomic mass is 16.5. The van der Waals surface area contributed by atoms with E-state index in [0.717, 1.165) is 5.56 Å². The van der Waals surface area contributed by atoms with Crippen LogP contribution in [0.15, 0.2) is 54.6 Å². The number of rotatable bonds is 3. The van der Waals surface area contributed by atoms with Crippen molar-refractivity contribution >= 4 is 0 Å². The average molecular weight is 197 g/mol. The predicted molar refractivity (Wildman–Crippen MR) is 62.3 cm³/mol. The van der Waals surface area contributed by atoms with Crippen LogP contribution in [0.25, 0.3) is 11.1 Å². The molecular formula is C14H13O. The molecule has 0 heterocycles. The van der Waals surface area contributed by atoms with Crippen molar-refractivity contribution in [2.75, 3.05) is 7.11 Å². The van der Waals surface area contributed by atoms with Crippen LogP contribution in [0.5, 0.6) is 0 Å². The van der Waals surface area contributed by atoms with E-state index >= 15 is 0 Å². The molecule has 0 bridgehead atoms. The molecular weight excluding hydrogens is 184 g/mol. The summed E-state index contributed by atoms with van der Waals surface area (Å²) in [5.74, 6) is 0. The fourth-order valence-corrected chi connectivity index (χ4v) is 1.52. The van der Waals surface area contributed by atoms with E-state index in [1.54, 1.807) is 13.7 Å². The van der Waals surface area contributed by atoms with Gasteiger partial charge in [-0.05, 0) is 16.7 Å². The number of methoxy groups -OCH3 is 1. The van der Waals surface area contributed by atoms with Crippen molar-refractivity contribution in [3.05, 3.63) is 66.8 Å². The van der Waals surface area contributed by atoms with Gasteiger partial charge in [0.1, 0.15) is 6.61 Å². The first-order valence-electron chi connectivity index (χ1n) is 4.91. The summed E-state index contributed by atoms with van der Waals surface area (Å²) in [5.41, 5.74) is 3.54. The molecule has 0 aliphatic rings. The van der Waals surface area contributed by atoms with Crippen LogP contribution >= 0.6 is 0 Å². The van der Waals surface area contributed by atoms with E-state index in [1.165, 1.54) is 11.1 Å². The zero-order valence-electron chi connectivity index (χ0n) is 8.68. The second kappa shape index (κ2) is 4.76. The van der Waals surface area contributed by atoms with Gasteiger partial charge in [0.25, 0.3) is 0 Å². The van der Waals surface area contributed by atoms with E-state index in [0.29, 0.717) is 0 Å². The predicted octanol–water partition coefficient (Wildman–Crippen LogP) is 3.51. The Labute approximate surface area is 90.3 Å². The van der Waals surface area contributed by atoms with Crippen molar-refractivity contribution in [2.24, 2.45) is 0 Å². The smallest absolute Gasteiger partial charge is 0.112 e. The first-order valence-corrected chi connectivity index (χ1v) is 4.91. The van der Waals surface area contributed by atoms with Gasteiger partial charge in [-0.15, -0.1) is 0 Å². The largest absolute Gasteiger partial charge is 0.374 e. The van der Waals surface area contributed by atoms with Crippen molar-refractivity contribution < 1.29 is 4.74 Å². The zero-order valence-corrected chi connectivity index (χ0v) is 8.68. The van der Waals surface area contributed by atoms with Crippen molar-refractivity contribution in [3.63, 3.8) is 0 Å². The van der Waals surface area contributed by atoms with Crippen LogP contribution in [0.3, 0.4) is 0 Å². The van der Waals surface area contributed by atoms with E-state index < -0.39 is 0 Å². The van der Waals surface area contributed by atoms with E-state index in [9.17, 15) is 0 Å². The standard InChI is InChI=1S/C14H13O/c1-15-11-12-7-9-14(10-8-12)13-5-3-2-4-6-13/h2-11H,1H3. The number of hydrogen-bond acceptors (Lipinski definition) is 1. The Balaban J connectivity index is 2.24. The van der Waals surface area contributed by atoms with Crippen LogP contribution in [0, 0.1) is 6.61 Å². The molecule has 75 valence electrons. The minimum atomic E-state index is 1.08. The lowest BCUT2D eigenvalue weighted by Gasteiger charge is -2.03. The van der Waals surface area contributed by atoms with Crippen LogP contribution < -0.4 is 0 Å². The summed E-state index contributed by atoms with van der Waals surface area (Å²) in [6.07, 6.45) is 0. The second-order valence-electron chi connectivity index (χ2n) is 3.34. The third-order valence-corrected chi connectivity index (χ3v) is 2.27. The Morgan fingerprint density at radius 1 is 0.800 bits per heavy atom. The van der Waals surface area contributed by atoms with E-state index in [1.807, 2.05) is 30.3 Å². The van der Waals surface area contributed by atoms with Crippen LogP contribution in [0.4, 0.5) is 0 Å². The van der Waals surface area contributed by atoms with Gasteiger partial charge in [-0.2, -0.15) is 0 Å². The summed E-state index contributed by atoms with van der Waals surface area (Å²) in [6, 6.07) is 18.6. The van der Waals surface area contributed by atoms with Gasteiger partial charge in [-0.1, -0.05) is 54.6 Å². The fraction of sp³-hybridized carbons (Fsp3) is 0.0714. The number of hydrogen-bond donors (Lipinski definition) is 0. The highest BCUT2D eigenvalue weighted by Gasteiger charge is 1.96. The van der Waals surface area contributed by atoms with E-state index in [-0.39, 0.29) is 0 Å². The number of ether oxygens (including phenoxy) is 1. The highest BCUT2D eigenvalue weighted by Crippen LogP contribution is 2.19. The van der Waals surface area contributed by atoms with Gasteiger partial charge in [0.15, 0.2) is 0 Å². The normalized spacial score (nSPS) is 10.2. The lowest BCUT2D eigenvalue weighted by molar-refractivity contribution is 0.292. The highest BCUT2D eigenvalue weighted by molar-refractivity contribution is 5.63. The Hall–Kier alpha value is -1.60. The Bertz CT molecular complexity index is 403. The van der Waals surface area contributed by atoms with Crippen LogP contribution in [0.2, 0.25) is 0 Å². The maximum absolute atomic E-state index is 4.95. The summed E-state index contributed by atoms with van der Waals surface area (Å²) < 4.78 is 4.95. The maximum atomic E-state index is 4.95. The molecule has 0 saturated carbocycles. The lowest BCUT2D eigenvalue weighted by Crippen LogP contribution is -1.84. The number of benzene rings is 2. The molecule has 1 radical (unpaired) electrons. The molecule has 2 aromatic carbocycles. The van der Waals surface area contributed by atoms with E-state index in [2.05, 4.69) is 24.3 Å². The molecule has 0 amide bonds. The SMILES string of the molecule is CO[CH]c1ccc(-c2ccccc2)cc1. The molecule has 0 aliphatic heterocycles. The molecule has 0 aliphatic carbocycles. The fourth-order valence-electron chi connectivity index (χ4n) is 1.52. The minimum absolute atomic E-state index is 1.08. The van der Waals surface area contributed by atoms with Gasteiger partial charge in [0.2, 0.25) is 0 Å². The zero-order chi connectivity index (χ0) is 10.5. The van der Waals surface area contributed by atoms with Gasteiger partial charge in [-0.25, -0.2) is 0 Å². The Kier molecular flexibility index (Phi) is 3.15. The minimum Gasteiger partial charge on any atom is -0.374 e.